The molecule has 0 saturated carbocycles. The lowest BCUT2D eigenvalue weighted by Crippen LogP contribution is -2.07. The number of carbonyl (C=O) groups is 1. The van der Waals surface area contributed by atoms with E-state index in [1.165, 1.54) is 12.1 Å². The number of hydrogen-bond donors (Lipinski definition) is 2. The Kier molecular flexibility index (Phi) is 3.43. The third kappa shape index (κ3) is 2.43. The van der Waals surface area contributed by atoms with Gasteiger partial charge in [0.15, 0.2) is 0 Å². The first kappa shape index (κ1) is 10.9. The average Bonchev–Trinajstić information content (AvgIpc) is 2.01. The van der Waals surface area contributed by atoms with Crippen LogP contribution >= 0.6 is 11.6 Å². The number of carboxylic acids is 1. The molecule has 0 bridgehead atoms. The highest BCUT2D eigenvalue weighted by Gasteiger charge is 2.18. The molecule has 0 radical (unpaired) electrons. The molecule has 14 heavy (non-hydrogen) atoms. The maximum Gasteiger partial charge on any atom is 0.306 e. The van der Waals surface area contributed by atoms with Crippen molar-refractivity contribution < 1.29 is 19.4 Å². The Labute approximate surface area is 84.7 Å². The Hall–Kier alpha value is -1.13. The molecule has 0 aliphatic heterocycles. The zero-order valence-corrected chi connectivity index (χ0v) is 7.83. The van der Waals surface area contributed by atoms with Gasteiger partial charge in [-0.25, -0.2) is 4.39 Å². The van der Waals surface area contributed by atoms with Gasteiger partial charge >= 0.3 is 5.97 Å². The van der Waals surface area contributed by atoms with Crippen molar-refractivity contribution in [3.8, 4) is 0 Å². The van der Waals surface area contributed by atoms with E-state index < -0.39 is 24.3 Å². The number of halogens is 2. The average molecular weight is 219 g/mol. The SMILES string of the molecule is O=C(O)C[C@@H](O)c1c(F)cccc1Cl. The second-order valence-corrected chi connectivity index (χ2v) is 3.16. The summed E-state index contributed by atoms with van der Waals surface area (Å²) < 4.78 is 13.1. The fourth-order valence-corrected chi connectivity index (χ4v) is 1.39. The van der Waals surface area contributed by atoms with Gasteiger partial charge < -0.3 is 10.2 Å². The maximum atomic E-state index is 13.1. The van der Waals surface area contributed by atoms with Gasteiger partial charge in [0.2, 0.25) is 0 Å². The molecule has 5 heteroatoms. The number of benzene rings is 1. The van der Waals surface area contributed by atoms with Gasteiger partial charge in [0.1, 0.15) is 5.82 Å². The van der Waals surface area contributed by atoms with E-state index in [-0.39, 0.29) is 10.6 Å². The molecule has 0 unspecified atom stereocenters. The minimum Gasteiger partial charge on any atom is -0.481 e. The van der Waals surface area contributed by atoms with Crippen LogP contribution in [0.3, 0.4) is 0 Å². The van der Waals surface area contributed by atoms with Crippen molar-refractivity contribution in [3.63, 3.8) is 0 Å². The summed E-state index contributed by atoms with van der Waals surface area (Å²) in [6.45, 7) is 0. The number of carboxylic acid groups (broad SMARTS) is 1. The summed E-state index contributed by atoms with van der Waals surface area (Å²) in [5.41, 5.74) is -0.170. The molecule has 1 atom stereocenters. The molecule has 0 fully saturated rings. The molecule has 0 aliphatic rings. The van der Waals surface area contributed by atoms with E-state index in [2.05, 4.69) is 0 Å². The Morgan fingerprint density at radius 1 is 1.57 bits per heavy atom. The highest BCUT2D eigenvalue weighted by Crippen LogP contribution is 2.27. The van der Waals surface area contributed by atoms with Crippen molar-refractivity contribution in [3.05, 3.63) is 34.6 Å². The molecule has 0 aromatic heterocycles. The largest absolute Gasteiger partial charge is 0.481 e. The van der Waals surface area contributed by atoms with Gasteiger partial charge in [-0.15, -0.1) is 0 Å². The molecule has 0 aliphatic carbocycles. The van der Waals surface area contributed by atoms with Crippen LogP contribution in [0, 0.1) is 5.82 Å². The molecule has 0 heterocycles. The van der Waals surface area contributed by atoms with E-state index >= 15 is 0 Å². The predicted molar refractivity (Wildman–Crippen MR) is 48.6 cm³/mol. The molecule has 1 rings (SSSR count). The van der Waals surface area contributed by atoms with Crippen LogP contribution in [0.5, 0.6) is 0 Å². The summed E-state index contributed by atoms with van der Waals surface area (Å²) in [6, 6.07) is 3.89. The van der Waals surface area contributed by atoms with Gasteiger partial charge in [-0.3, -0.25) is 4.79 Å². The lowest BCUT2D eigenvalue weighted by molar-refractivity contribution is -0.139. The van der Waals surface area contributed by atoms with Crippen LogP contribution in [0.4, 0.5) is 4.39 Å². The van der Waals surface area contributed by atoms with E-state index in [0.717, 1.165) is 6.07 Å². The molecule has 2 N–H and O–H groups in total. The summed E-state index contributed by atoms with van der Waals surface area (Å²) in [7, 11) is 0. The van der Waals surface area contributed by atoms with Gasteiger partial charge in [-0.2, -0.15) is 0 Å². The number of aliphatic hydroxyl groups is 1. The zero-order valence-electron chi connectivity index (χ0n) is 7.08. The third-order valence-corrected chi connectivity index (χ3v) is 2.03. The van der Waals surface area contributed by atoms with Crippen molar-refractivity contribution >= 4 is 17.6 Å². The molecule has 1 aromatic rings. The molecular formula is C9H8ClFO3. The Balaban J connectivity index is 2.99. The first-order chi connectivity index (χ1) is 6.52. The van der Waals surface area contributed by atoms with Crippen LogP contribution in [-0.4, -0.2) is 16.2 Å². The quantitative estimate of drug-likeness (QED) is 0.816. The molecular weight excluding hydrogens is 211 g/mol. The molecule has 76 valence electrons. The summed E-state index contributed by atoms with van der Waals surface area (Å²) in [5.74, 6) is -1.91. The molecule has 1 aromatic carbocycles. The lowest BCUT2D eigenvalue weighted by Gasteiger charge is -2.10. The van der Waals surface area contributed by atoms with E-state index in [1.54, 1.807) is 0 Å². The highest BCUT2D eigenvalue weighted by molar-refractivity contribution is 6.31. The minimum atomic E-state index is -1.42. The summed E-state index contributed by atoms with van der Waals surface area (Å²) in [6.07, 6.45) is -1.98. The Morgan fingerprint density at radius 3 is 2.71 bits per heavy atom. The van der Waals surface area contributed by atoms with Crippen LogP contribution in [-0.2, 0) is 4.79 Å². The third-order valence-electron chi connectivity index (χ3n) is 1.70. The molecule has 0 spiro atoms. The lowest BCUT2D eigenvalue weighted by atomic mass is 10.1. The maximum absolute atomic E-state index is 13.1. The fourth-order valence-electron chi connectivity index (χ4n) is 1.10. The first-order valence-electron chi connectivity index (χ1n) is 3.86. The van der Waals surface area contributed by atoms with Crippen molar-refractivity contribution in [2.75, 3.05) is 0 Å². The van der Waals surface area contributed by atoms with E-state index in [0.29, 0.717) is 0 Å². The summed E-state index contributed by atoms with van der Waals surface area (Å²) >= 11 is 5.61. The van der Waals surface area contributed by atoms with E-state index in [1.807, 2.05) is 0 Å². The van der Waals surface area contributed by atoms with Crippen LogP contribution in [0.15, 0.2) is 18.2 Å². The smallest absolute Gasteiger partial charge is 0.306 e. The Bertz CT molecular complexity index is 334. The van der Waals surface area contributed by atoms with Crippen LogP contribution < -0.4 is 0 Å². The van der Waals surface area contributed by atoms with E-state index in [9.17, 15) is 14.3 Å². The molecule has 3 nitrogen and oxygen atoms in total. The van der Waals surface area contributed by atoms with Crippen molar-refractivity contribution in [1.82, 2.24) is 0 Å². The van der Waals surface area contributed by atoms with Gasteiger partial charge in [-0.05, 0) is 12.1 Å². The van der Waals surface area contributed by atoms with Crippen molar-refractivity contribution in [1.29, 1.82) is 0 Å². The topological polar surface area (TPSA) is 57.5 Å². The molecule has 0 amide bonds. The fraction of sp³-hybridized carbons (Fsp3) is 0.222. The van der Waals surface area contributed by atoms with Crippen LogP contribution in [0.2, 0.25) is 5.02 Å². The Morgan fingerprint density at radius 2 is 2.21 bits per heavy atom. The second-order valence-electron chi connectivity index (χ2n) is 2.75. The summed E-state index contributed by atoms with van der Waals surface area (Å²) in [4.78, 5) is 10.3. The van der Waals surface area contributed by atoms with Crippen LogP contribution in [0.1, 0.15) is 18.1 Å². The number of hydrogen-bond acceptors (Lipinski definition) is 2. The number of aliphatic carboxylic acids is 1. The van der Waals surface area contributed by atoms with Crippen molar-refractivity contribution in [2.45, 2.75) is 12.5 Å². The summed E-state index contributed by atoms with van der Waals surface area (Å²) in [5, 5.41) is 17.8. The zero-order chi connectivity index (χ0) is 10.7. The minimum absolute atomic E-state index is 0.0266. The van der Waals surface area contributed by atoms with Gasteiger partial charge in [0, 0.05) is 10.6 Å². The number of aliphatic hydroxyl groups excluding tert-OH is 1. The molecule has 0 saturated heterocycles. The number of rotatable bonds is 3. The van der Waals surface area contributed by atoms with Gasteiger partial charge in [0.05, 0.1) is 12.5 Å². The van der Waals surface area contributed by atoms with Crippen molar-refractivity contribution in [2.24, 2.45) is 0 Å². The van der Waals surface area contributed by atoms with Gasteiger partial charge in [0.25, 0.3) is 0 Å². The predicted octanol–water partition coefficient (Wildman–Crippen LogP) is 1.99. The standard InChI is InChI=1S/C9H8ClFO3/c10-5-2-1-3-6(11)9(5)7(12)4-8(13)14/h1-3,7,12H,4H2,(H,13,14)/t7-/m1/s1. The second kappa shape index (κ2) is 4.39. The van der Waals surface area contributed by atoms with Gasteiger partial charge in [-0.1, -0.05) is 17.7 Å². The normalized spacial score (nSPS) is 12.5. The monoisotopic (exact) mass is 218 g/mol. The highest BCUT2D eigenvalue weighted by atomic mass is 35.5. The first-order valence-corrected chi connectivity index (χ1v) is 4.24. The van der Waals surface area contributed by atoms with Crippen LogP contribution in [0.25, 0.3) is 0 Å². The van der Waals surface area contributed by atoms with E-state index in [4.69, 9.17) is 16.7 Å².